The summed E-state index contributed by atoms with van der Waals surface area (Å²) in [4.78, 5) is 15.6. The molecule has 2 nitrogen and oxygen atoms in total. The minimum Gasteiger partial charge on any atom is -0.360 e. The number of carbonyl (C=O) groups excluding carboxylic acids is 1. The van der Waals surface area contributed by atoms with Crippen LogP contribution in [0, 0.1) is 12.7 Å². The molecule has 4 heteroatoms. The lowest BCUT2D eigenvalue weighted by Crippen LogP contribution is -2.03. The van der Waals surface area contributed by atoms with E-state index in [2.05, 4.69) is 20.9 Å². The van der Waals surface area contributed by atoms with Crippen molar-refractivity contribution >= 4 is 32.6 Å². The summed E-state index contributed by atoms with van der Waals surface area (Å²) in [6.45, 7) is 1.88. The van der Waals surface area contributed by atoms with Crippen LogP contribution in [0.1, 0.15) is 21.5 Å². The fourth-order valence-corrected chi connectivity index (χ4v) is 2.78. The minimum atomic E-state index is -0.348. The Morgan fingerprint density at radius 3 is 2.70 bits per heavy atom. The average Bonchev–Trinajstić information content (AvgIpc) is 2.81. The van der Waals surface area contributed by atoms with E-state index in [0.29, 0.717) is 16.5 Å². The van der Waals surface area contributed by atoms with E-state index in [-0.39, 0.29) is 11.6 Å². The smallest absolute Gasteiger partial charge is 0.195 e. The molecule has 1 N–H and O–H groups in total. The second kappa shape index (κ2) is 4.87. The summed E-state index contributed by atoms with van der Waals surface area (Å²) in [5.41, 5.74) is 2.75. The number of rotatable bonds is 2. The number of aryl methyl sites for hydroxylation is 1. The van der Waals surface area contributed by atoms with Crippen LogP contribution < -0.4 is 0 Å². The lowest BCUT2D eigenvalue weighted by molar-refractivity contribution is 0.104. The van der Waals surface area contributed by atoms with Gasteiger partial charge in [0.2, 0.25) is 0 Å². The maximum absolute atomic E-state index is 13.4. The average molecular weight is 332 g/mol. The van der Waals surface area contributed by atoms with Crippen molar-refractivity contribution in [3.63, 3.8) is 0 Å². The van der Waals surface area contributed by atoms with Gasteiger partial charge in [-0.1, -0.05) is 15.9 Å². The first kappa shape index (κ1) is 13.1. The number of carbonyl (C=O) groups is 1. The van der Waals surface area contributed by atoms with Crippen LogP contribution in [0.15, 0.2) is 47.1 Å². The molecule has 0 unspecified atom stereocenters. The molecule has 0 radical (unpaired) electrons. The molecule has 0 aliphatic carbocycles. The fourth-order valence-electron chi connectivity index (χ4n) is 2.31. The number of halogens is 2. The van der Waals surface area contributed by atoms with Gasteiger partial charge in [0.05, 0.1) is 0 Å². The molecule has 2 aromatic carbocycles. The normalized spacial score (nSPS) is 10.9. The van der Waals surface area contributed by atoms with Crippen molar-refractivity contribution in [3.8, 4) is 0 Å². The maximum atomic E-state index is 13.4. The van der Waals surface area contributed by atoms with Crippen molar-refractivity contribution in [1.29, 1.82) is 0 Å². The third-order valence-corrected chi connectivity index (χ3v) is 3.81. The highest BCUT2D eigenvalue weighted by molar-refractivity contribution is 9.10. The molecular formula is C16H11BrFNO. The fraction of sp³-hybridized carbons (Fsp3) is 0.0625. The number of nitrogens with one attached hydrogen (secondary N) is 1. The lowest BCUT2D eigenvalue weighted by atomic mass is 9.99. The number of aromatic nitrogens is 1. The van der Waals surface area contributed by atoms with Crippen molar-refractivity contribution in [3.05, 3.63) is 69.6 Å². The van der Waals surface area contributed by atoms with E-state index < -0.39 is 0 Å². The van der Waals surface area contributed by atoms with Gasteiger partial charge in [0.15, 0.2) is 5.78 Å². The zero-order valence-corrected chi connectivity index (χ0v) is 12.3. The van der Waals surface area contributed by atoms with Gasteiger partial charge in [-0.3, -0.25) is 4.79 Å². The first-order valence-corrected chi connectivity index (χ1v) is 6.93. The Morgan fingerprint density at radius 2 is 1.95 bits per heavy atom. The molecule has 0 aliphatic rings. The molecule has 0 saturated heterocycles. The standard InChI is InChI=1S/C16H11BrFNO/c1-9-6-10(17)2-4-12(9)16(20)14-8-19-15-5-3-11(18)7-13(14)15/h2-8,19H,1H3. The SMILES string of the molecule is Cc1cc(Br)ccc1C(=O)c1c[nH]c2ccc(F)cc12. The summed E-state index contributed by atoms with van der Waals surface area (Å²) in [6, 6.07) is 9.89. The Morgan fingerprint density at radius 1 is 1.15 bits per heavy atom. The Labute approximate surface area is 123 Å². The predicted molar refractivity (Wildman–Crippen MR) is 80.6 cm³/mol. The largest absolute Gasteiger partial charge is 0.360 e. The third kappa shape index (κ3) is 2.16. The number of hydrogen-bond donors (Lipinski definition) is 1. The monoisotopic (exact) mass is 331 g/mol. The van der Waals surface area contributed by atoms with E-state index >= 15 is 0 Å². The Bertz CT molecular complexity index is 822. The molecule has 0 spiro atoms. The minimum absolute atomic E-state index is 0.105. The van der Waals surface area contributed by atoms with Crippen LogP contribution in [-0.2, 0) is 0 Å². The number of ketones is 1. The number of benzene rings is 2. The Kier molecular flexibility index (Phi) is 3.18. The first-order valence-electron chi connectivity index (χ1n) is 6.14. The van der Waals surface area contributed by atoms with E-state index in [9.17, 15) is 9.18 Å². The zero-order valence-electron chi connectivity index (χ0n) is 10.7. The molecule has 20 heavy (non-hydrogen) atoms. The van der Waals surface area contributed by atoms with E-state index in [4.69, 9.17) is 0 Å². The third-order valence-electron chi connectivity index (χ3n) is 3.32. The highest BCUT2D eigenvalue weighted by atomic mass is 79.9. The summed E-state index contributed by atoms with van der Waals surface area (Å²) >= 11 is 3.38. The summed E-state index contributed by atoms with van der Waals surface area (Å²) in [5, 5.41) is 0.609. The highest BCUT2D eigenvalue weighted by Gasteiger charge is 2.16. The Balaban J connectivity index is 2.15. The van der Waals surface area contributed by atoms with Gasteiger partial charge in [0.1, 0.15) is 5.82 Å². The van der Waals surface area contributed by atoms with E-state index in [1.807, 2.05) is 19.1 Å². The van der Waals surface area contributed by atoms with Gasteiger partial charge >= 0.3 is 0 Å². The van der Waals surface area contributed by atoms with E-state index in [0.717, 1.165) is 15.6 Å². The van der Waals surface area contributed by atoms with Gasteiger partial charge in [-0.25, -0.2) is 4.39 Å². The molecule has 0 amide bonds. The molecule has 0 bridgehead atoms. The second-order valence-electron chi connectivity index (χ2n) is 4.68. The van der Waals surface area contributed by atoms with Gasteiger partial charge < -0.3 is 4.98 Å². The molecule has 0 saturated carbocycles. The predicted octanol–water partition coefficient (Wildman–Crippen LogP) is 4.61. The van der Waals surface area contributed by atoms with Crippen molar-refractivity contribution in [1.82, 2.24) is 4.98 Å². The summed E-state index contributed by atoms with van der Waals surface area (Å²) in [7, 11) is 0. The molecule has 0 aliphatic heterocycles. The van der Waals surface area contributed by atoms with Crippen LogP contribution in [0.5, 0.6) is 0 Å². The van der Waals surface area contributed by atoms with E-state index in [1.54, 1.807) is 18.3 Å². The maximum Gasteiger partial charge on any atom is 0.195 e. The van der Waals surface area contributed by atoms with Gasteiger partial charge in [-0.15, -0.1) is 0 Å². The Hall–Kier alpha value is -1.94. The van der Waals surface area contributed by atoms with E-state index in [1.165, 1.54) is 12.1 Å². The van der Waals surface area contributed by atoms with Crippen LogP contribution >= 0.6 is 15.9 Å². The highest BCUT2D eigenvalue weighted by Crippen LogP contribution is 2.24. The molecule has 3 aromatic rings. The molecule has 0 fully saturated rings. The summed E-state index contributed by atoms with van der Waals surface area (Å²) < 4.78 is 14.3. The molecule has 3 rings (SSSR count). The molecule has 0 atom stereocenters. The first-order chi connectivity index (χ1) is 9.56. The molecule has 100 valence electrons. The van der Waals surface area contributed by atoms with Crippen molar-refractivity contribution in [2.24, 2.45) is 0 Å². The van der Waals surface area contributed by atoms with Gasteiger partial charge in [0.25, 0.3) is 0 Å². The van der Waals surface area contributed by atoms with Gasteiger partial charge in [0, 0.05) is 32.7 Å². The quantitative estimate of drug-likeness (QED) is 0.683. The number of H-pyrrole nitrogens is 1. The number of aromatic amines is 1. The van der Waals surface area contributed by atoms with Gasteiger partial charge in [-0.2, -0.15) is 0 Å². The van der Waals surface area contributed by atoms with Crippen LogP contribution in [-0.4, -0.2) is 10.8 Å². The van der Waals surface area contributed by atoms with Crippen LogP contribution in [0.2, 0.25) is 0 Å². The van der Waals surface area contributed by atoms with Gasteiger partial charge in [-0.05, 0) is 48.9 Å². The zero-order chi connectivity index (χ0) is 14.3. The second-order valence-corrected chi connectivity index (χ2v) is 5.60. The topological polar surface area (TPSA) is 32.9 Å². The molecule has 1 aromatic heterocycles. The lowest BCUT2D eigenvalue weighted by Gasteiger charge is -2.05. The number of fused-ring (bicyclic) bond motifs is 1. The molecule has 1 heterocycles. The van der Waals surface area contributed by atoms with Crippen molar-refractivity contribution in [2.45, 2.75) is 6.92 Å². The van der Waals surface area contributed by atoms with Crippen molar-refractivity contribution in [2.75, 3.05) is 0 Å². The van der Waals surface area contributed by atoms with Crippen LogP contribution in [0.4, 0.5) is 4.39 Å². The van der Waals surface area contributed by atoms with Crippen LogP contribution in [0.3, 0.4) is 0 Å². The summed E-state index contributed by atoms with van der Waals surface area (Å²) in [5.74, 6) is -0.453. The molecular weight excluding hydrogens is 321 g/mol. The number of hydrogen-bond acceptors (Lipinski definition) is 1. The van der Waals surface area contributed by atoms with Crippen LogP contribution in [0.25, 0.3) is 10.9 Å². The van der Waals surface area contributed by atoms with Crippen molar-refractivity contribution < 1.29 is 9.18 Å². The summed E-state index contributed by atoms with van der Waals surface area (Å²) in [6.07, 6.45) is 1.63.